The Hall–Kier alpha value is -0.120. The molecule has 2 rings (SSSR count). The van der Waals surface area contributed by atoms with Gasteiger partial charge in [0.05, 0.1) is 0 Å². The van der Waals surface area contributed by atoms with Gasteiger partial charge in [0.25, 0.3) is 0 Å². The summed E-state index contributed by atoms with van der Waals surface area (Å²) in [5.41, 5.74) is 6.15. The Balaban J connectivity index is 1.66. The smallest absolute Gasteiger partial charge is 0.0195 e. The van der Waals surface area contributed by atoms with Gasteiger partial charge in [0.15, 0.2) is 0 Å². The molecule has 1 heterocycles. The van der Waals surface area contributed by atoms with Crippen molar-refractivity contribution in [1.29, 1.82) is 0 Å². The van der Waals surface area contributed by atoms with E-state index in [1.165, 1.54) is 52.0 Å². The third-order valence-corrected chi connectivity index (χ3v) is 4.26. The molecule has 0 aromatic carbocycles. The molecule has 0 aromatic heterocycles. The predicted molar refractivity (Wildman–Crippen MR) is 68.5 cm³/mol. The van der Waals surface area contributed by atoms with E-state index in [4.69, 9.17) is 5.73 Å². The van der Waals surface area contributed by atoms with Gasteiger partial charge in [-0.1, -0.05) is 6.92 Å². The maximum Gasteiger partial charge on any atom is 0.0195 e. The quantitative estimate of drug-likeness (QED) is 0.761. The lowest BCUT2D eigenvalue weighted by Gasteiger charge is -2.39. The molecule has 2 fully saturated rings. The first-order valence-corrected chi connectivity index (χ1v) is 6.92. The molecule has 2 aliphatic rings. The lowest BCUT2D eigenvalue weighted by Crippen LogP contribution is -2.52. The fourth-order valence-electron chi connectivity index (χ4n) is 2.84. The fourth-order valence-corrected chi connectivity index (χ4v) is 2.84. The first-order valence-electron chi connectivity index (χ1n) is 6.92. The minimum atomic E-state index is 0.472. The van der Waals surface area contributed by atoms with Gasteiger partial charge < -0.3 is 10.6 Å². The lowest BCUT2D eigenvalue weighted by atomic mass is 10.1. The zero-order valence-corrected chi connectivity index (χ0v) is 10.9. The number of nitrogens with zero attached hydrogens (tertiary/aromatic N) is 2. The number of likely N-dealkylation sites (N-methyl/N-ethyl adjacent to an activating group) is 1. The third-order valence-electron chi connectivity index (χ3n) is 4.26. The lowest BCUT2D eigenvalue weighted by molar-refractivity contribution is 0.0857. The van der Waals surface area contributed by atoms with Crippen molar-refractivity contribution in [2.75, 3.05) is 32.7 Å². The molecule has 94 valence electrons. The van der Waals surface area contributed by atoms with Crippen LogP contribution in [0.3, 0.4) is 0 Å². The molecular weight excluding hydrogens is 198 g/mol. The van der Waals surface area contributed by atoms with Crippen molar-refractivity contribution in [3.63, 3.8) is 0 Å². The van der Waals surface area contributed by atoms with Crippen molar-refractivity contribution in [3.05, 3.63) is 0 Å². The Morgan fingerprint density at radius 1 is 1.31 bits per heavy atom. The SMILES string of the molecule is CCN1CCN(CCC(N)C2CC2)CC1C. The summed E-state index contributed by atoms with van der Waals surface area (Å²) in [5.74, 6) is 0.856. The van der Waals surface area contributed by atoms with E-state index in [2.05, 4.69) is 23.6 Å². The number of hydrogen-bond donors (Lipinski definition) is 1. The van der Waals surface area contributed by atoms with Crippen LogP contribution in [-0.2, 0) is 0 Å². The van der Waals surface area contributed by atoms with Gasteiger partial charge in [-0.2, -0.15) is 0 Å². The van der Waals surface area contributed by atoms with E-state index in [9.17, 15) is 0 Å². The van der Waals surface area contributed by atoms with Gasteiger partial charge in [-0.15, -0.1) is 0 Å². The molecule has 0 amide bonds. The van der Waals surface area contributed by atoms with E-state index in [1.54, 1.807) is 0 Å². The molecule has 3 nitrogen and oxygen atoms in total. The van der Waals surface area contributed by atoms with E-state index in [0.29, 0.717) is 6.04 Å². The molecule has 2 N–H and O–H groups in total. The third kappa shape index (κ3) is 3.19. The number of rotatable bonds is 5. The first kappa shape index (κ1) is 12.3. The maximum absolute atomic E-state index is 6.15. The number of hydrogen-bond acceptors (Lipinski definition) is 3. The summed E-state index contributed by atoms with van der Waals surface area (Å²) in [6, 6.07) is 1.19. The molecule has 16 heavy (non-hydrogen) atoms. The van der Waals surface area contributed by atoms with E-state index in [1.807, 2.05) is 0 Å². The van der Waals surface area contributed by atoms with Crippen molar-refractivity contribution in [3.8, 4) is 0 Å². The summed E-state index contributed by atoms with van der Waals surface area (Å²) in [6.45, 7) is 10.7. The zero-order valence-electron chi connectivity index (χ0n) is 10.9. The fraction of sp³-hybridized carbons (Fsp3) is 1.00. The highest BCUT2D eigenvalue weighted by Gasteiger charge is 2.29. The molecular formula is C13H27N3. The van der Waals surface area contributed by atoms with E-state index >= 15 is 0 Å². The topological polar surface area (TPSA) is 32.5 Å². The highest BCUT2D eigenvalue weighted by Crippen LogP contribution is 2.32. The van der Waals surface area contributed by atoms with Crippen LogP contribution in [0, 0.1) is 5.92 Å². The average Bonchev–Trinajstić information content (AvgIpc) is 3.10. The normalized spacial score (nSPS) is 30.6. The van der Waals surface area contributed by atoms with Gasteiger partial charge in [0, 0.05) is 31.7 Å². The monoisotopic (exact) mass is 225 g/mol. The minimum absolute atomic E-state index is 0.472. The molecule has 0 aromatic rings. The van der Waals surface area contributed by atoms with Gasteiger partial charge in [-0.25, -0.2) is 0 Å². The van der Waals surface area contributed by atoms with Crippen LogP contribution in [0.4, 0.5) is 0 Å². The van der Waals surface area contributed by atoms with Crippen LogP contribution >= 0.6 is 0 Å². The molecule has 0 spiro atoms. The second-order valence-corrected chi connectivity index (χ2v) is 5.57. The predicted octanol–water partition coefficient (Wildman–Crippen LogP) is 1.14. The van der Waals surface area contributed by atoms with Crippen molar-refractivity contribution in [1.82, 2.24) is 9.80 Å². The van der Waals surface area contributed by atoms with E-state index in [-0.39, 0.29) is 0 Å². The van der Waals surface area contributed by atoms with Crippen LogP contribution < -0.4 is 5.73 Å². The Labute approximate surface area is 100.0 Å². The van der Waals surface area contributed by atoms with Crippen LogP contribution in [0.25, 0.3) is 0 Å². The van der Waals surface area contributed by atoms with Crippen LogP contribution in [0.2, 0.25) is 0 Å². The highest BCUT2D eigenvalue weighted by atomic mass is 15.3. The number of nitrogens with two attached hydrogens (primary N) is 1. The molecule has 3 heteroatoms. The summed E-state index contributed by atoms with van der Waals surface area (Å²) >= 11 is 0. The van der Waals surface area contributed by atoms with Crippen molar-refractivity contribution in [2.24, 2.45) is 11.7 Å². The molecule has 1 aliphatic carbocycles. The molecule has 0 bridgehead atoms. The van der Waals surface area contributed by atoms with Gasteiger partial charge in [-0.05, 0) is 45.2 Å². The second-order valence-electron chi connectivity index (χ2n) is 5.57. The Morgan fingerprint density at radius 2 is 2.06 bits per heavy atom. The minimum Gasteiger partial charge on any atom is -0.327 e. The first-order chi connectivity index (χ1) is 7.70. The molecule has 0 radical (unpaired) electrons. The van der Waals surface area contributed by atoms with Crippen molar-refractivity contribution >= 4 is 0 Å². The summed E-state index contributed by atoms with van der Waals surface area (Å²) in [7, 11) is 0. The second kappa shape index (κ2) is 5.48. The summed E-state index contributed by atoms with van der Waals surface area (Å²) in [6.07, 6.45) is 3.95. The average molecular weight is 225 g/mol. The van der Waals surface area contributed by atoms with Crippen molar-refractivity contribution < 1.29 is 0 Å². The Bertz CT molecular complexity index is 215. The largest absolute Gasteiger partial charge is 0.327 e. The zero-order chi connectivity index (χ0) is 11.5. The van der Waals surface area contributed by atoms with Crippen LogP contribution in [0.15, 0.2) is 0 Å². The summed E-state index contributed by atoms with van der Waals surface area (Å²) in [4.78, 5) is 5.16. The summed E-state index contributed by atoms with van der Waals surface area (Å²) < 4.78 is 0. The standard InChI is InChI=1S/C13H27N3/c1-3-16-9-8-15(10-11(16)2)7-6-13(14)12-4-5-12/h11-13H,3-10,14H2,1-2H3. The Morgan fingerprint density at radius 3 is 2.62 bits per heavy atom. The van der Waals surface area contributed by atoms with Gasteiger partial charge in [0.1, 0.15) is 0 Å². The molecule has 1 aliphatic heterocycles. The highest BCUT2D eigenvalue weighted by molar-refractivity contribution is 4.85. The van der Waals surface area contributed by atoms with Crippen LogP contribution in [0.1, 0.15) is 33.1 Å². The van der Waals surface area contributed by atoms with E-state index in [0.717, 1.165) is 12.0 Å². The molecule has 2 atom stereocenters. The molecule has 2 unspecified atom stereocenters. The van der Waals surface area contributed by atoms with Gasteiger partial charge in [-0.3, -0.25) is 4.90 Å². The van der Waals surface area contributed by atoms with E-state index < -0.39 is 0 Å². The van der Waals surface area contributed by atoms with Crippen molar-refractivity contribution in [2.45, 2.75) is 45.2 Å². The Kier molecular flexibility index (Phi) is 4.22. The summed E-state index contributed by atoms with van der Waals surface area (Å²) in [5, 5.41) is 0. The van der Waals surface area contributed by atoms with Crippen LogP contribution in [0.5, 0.6) is 0 Å². The molecule has 1 saturated carbocycles. The van der Waals surface area contributed by atoms with Crippen LogP contribution in [-0.4, -0.2) is 54.6 Å². The number of piperazine rings is 1. The molecule has 1 saturated heterocycles. The maximum atomic E-state index is 6.15. The van der Waals surface area contributed by atoms with Gasteiger partial charge in [0.2, 0.25) is 0 Å². The van der Waals surface area contributed by atoms with Gasteiger partial charge >= 0.3 is 0 Å².